The summed E-state index contributed by atoms with van der Waals surface area (Å²) in [7, 11) is 0. The third-order valence-corrected chi connectivity index (χ3v) is 6.29. The first-order valence-corrected chi connectivity index (χ1v) is 11.7. The van der Waals surface area contributed by atoms with Crippen LogP contribution < -0.4 is 10.1 Å². The summed E-state index contributed by atoms with van der Waals surface area (Å²) >= 11 is 0. The quantitative estimate of drug-likeness (QED) is 0.291. The monoisotopic (exact) mass is 502 g/mol. The van der Waals surface area contributed by atoms with Crippen LogP contribution in [0.25, 0.3) is 10.8 Å². The van der Waals surface area contributed by atoms with E-state index in [1.807, 2.05) is 36.7 Å². The average molecular weight is 503 g/mol. The van der Waals surface area contributed by atoms with Crippen molar-refractivity contribution >= 4 is 22.4 Å². The lowest BCUT2D eigenvalue weighted by Gasteiger charge is -2.10. The van der Waals surface area contributed by atoms with E-state index in [9.17, 15) is 13.6 Å². The summed E-state index contributed by atoms with van der Waals surface area (Å²) in [6, 6.07) is 17.3. The molecule has 0 spiro atoms. The number of carbonyl (C=O) groups excluding carboxylic acids is 1. The number of rotatable bonds is 7. The highest BCUT2D eigenvalue weighted by Gasteiger charge is 2.23. The number of benzene rings is 3. The van der Waals surface area contributed by atoms with Gasteiger partial charge in [0.05, 0.1) is 29.2 Å². The number of hydrogen-bond acceptors (Lipinski definition) is 5. The number of aryl methyl sites for hydroxylation is 2. The highest BCUT2D eigenvalue weighted by atomic mass is 19.1. The minimum Gasteiger partial charge on any atom is -0.486 e. The van der Waals surface area contributed by atoms with Crippen molar-refractivity contribution in [2.45, 2.75) is 33.9 Å². The fourth-order valence-corrected chi connectivity index (χ4v) is 4.28. The molecule has 1 amide bonds. The molecule has 0 aliphatic carbocycles. The SMILES string of the molecule is Cc1nn(Cc2cccc3ccccc23)c(C)c1NC(=O)c1noc(C)c1COc1ccc(F)cc1F. The maximum Gasteiger partial charge on any atom is 0.278 e. The second-order valence-electron chi connectivity index (χ2n) is 8.73. The lowest BCUT2D eigenvalue weighted by atomic mass is 10.0. The van der Waals surface area contributed by atoms with Crippen molar-refractivity contribution in [3.8, 4) is 5.75 Å². The van der Waals surface area contributed by atoms with Crippen molar-refractivity contribution in [2.24, 2.45) is 0 Å². The molecule has 5 rings (SSSR count). The molecule has 9 heteroatoms. The largest absolute Gasteiger partial charge is 0.486 e. The molecular weight excluding hydrogens is 478 g/mol. The van der Waals surface area contributed by atoms with Crippen LogP contribution in [0.3, 0.4) is 0 Å². The number of carbonyl (C=O) groups is 1. The van der Waals surface area contributed by atoms with Crippen LogP contribution in [0.4, 0.5) is 14.5 Å². The maximum absolute atomic E-state index is 14.0. The Labute approximate surface area is 211 Å². The zero-order chi connectivity index (χ0) is 26.1. The Morgan fingerprint density at radius 1 is 1.05 bits per heavy atom. The number of nitrogens with zero attached hydrogens (tertiary/aromatic N) is 3. The van der Waals surface area contributed by atoms with Crippen LogP contribution in [-0.2, 0) is 13.2 Å². The molecule has 0 saturated heterocycles. The third-order valence-electron chi connectivity index (χ3n) is 6.29. The predicted molar refractivity (Wildman–Crippen MR) is 135 cm³/mol. The molecule has 1 N–H and O–H groups in total. The Hall–Kier alpha value is -4.53. The minimum absolute atomic E-state index is 0.0145. The normalized spacial score (nSPS) is 11.2. The van der Waals surface area contributed by atoms with Gasteiger partial charge in [-0.1, -0.05) is 47.6 Å². The van der Waals surface area contributed by atoms with Crippen LogP contribution in [0, 0.1) is 32.4 Å². The maximum atomic E-state index is 14.0. The number of aromatic nitrogens is 3. The molecule has 5 aromatic rings. The van der Waals surface area contributed by atoms with Crippen molar-refractivity contribution in [3.05, 3.63) is 106 Å². The average Bonchev–Trinajstić information content (AvgIpc) is 3.37. The van der Waals surface area contributed by atoms with Gasteiger partial charge in [-0.25, -0.2) is 8.78 Å². The molecule has 0 saturated carbocycles. The number of nitrogens with one attached hydrogen (secondary N) is 1. The molecular formula is C28H24F2N4O3. The number of anilines is 1. The van der Waals surface area contributed by atoms with Gasteiger partial charge in [-0.05, 0) is 49.2 Å². The number of ether oxygens (including phenoxy) is 1. The summed E-state index contributed by atoms with van der Waals surface area (Å²) in [5, 5.41) is 13.7. The van der Waals surface area contributed by atoms with Gasteiger partial charge >= 0.3 is 0 Å². The van der Waals surface area contributed by atoms with Gasteiger partial charge in [-0.2, -0.15) is 5.10 Å². The van der Waals surface area contributed by atoms with Crippen LogP contribution in [0.2, 0.25) is 0 Å². The Kier molecular flexibility index (Phi) is 6.43. The molecule has 2 aromatic heterocycles. The molecule has 0 aliphatic heterocycles. The Morgan fingerprint density at radius 3 is 2.65 bits per heavy atom. The fourth-order valence-electron chi connectivity index (χ4n) is 4.28. The van der Waals surface area contributed by atoms with Gasteiger partial charge < -0.3 is 14.6 Å². The molecule has 2 heterocycles. The van der Waals surface area contributed by atoms with Gasteiger partial charge in [0, 0.05) is 6.07 Å². The minimum atomic E-state index is -0.843. The summed E-state index contributed by atoms with van der Waals surface area (Å²) in [5.41, 5.74) is 3.49. The lowest BCUT2D eigenvalue weighted by Crippen LogP contribution is -2.16. The Balaban J connectivity index is 1.36. The molecule has 188 valence electrons. The van der Waals surface area contributed by atoms with E-state index in [0.29, 0.717) is 29.2 Å². The van der Waals surface area contributed by atoms with Gasteiger partial charge in [0.15, 0.2) is 17.3 Å². The Bertz CT molecular complexity index is 1620. The lowest BCUT2D eigenvalue weighted by molar-refractivity contribution is 0.101. The van der Waals surface area contributed by atoms with Crippen molar-refractivity contribution in [3.63, 3.8) is 0 Å². The number of fused-ring (bicyclic) bond motifs is 1. The van der Waals surface area contributed by atoms with Crippen LogP contribution in [0.1, 0.15) is 38.8 Å². The van der Waals surface area contributed by atoms with Crippen molar-refractivity contribution < 1.29 is 22.8 Å². The zero-order valence-electron chi connectivity index (χ0n) is 20.5. The molecule has 7 nitrogen and oxygen atoms in total. The highest BCUT2D eigenvalue weighted by molar-refractivity contribution is 6.04. The van der Waals surface area contributed by atoms with Crippen LogP contribution in [-0.4, -0.2) is 20.8 Å². The predicted octanol–water partition coefficient (Wildman–Crippen LogP) is 6.11. The molecule has 0 bridgehead atoms. The summed E-state index contributed by atoms with van der Waals surface area (Å²) in [6.45, 7) is 5.68. The van der Waals surface area contributed by atoms with Crippen LogP contribution in [0.15, 0.2) is 65.2 Å². The second-order valence-corrected chi connectivity index (χ2v) is 8.73. The molecule has 0 radical (unpaired) electrons. The smallest absolute Gasteiger partial charge is 0.278 e. The van der Waals surface area contributed by atoms with E-state index in [-0.39, 0.29) is 18.1 Å². The number of halogens is 2. The van der Waals surface area contributed by atoms with E-state index in [2.05, 4.69) is 39.8 Å². The molecule has 0 fully saturated rings. The number of amides is 1. The second kappa shape index (κ2) is 9.85. The van der Waals surface area contributed by atoms with E-state index in [0.717, 1.165) is 34.2 Å². The molecule has 3 aromatic carbocycles. The van der Waals surface area contributed by atoms with Crippen LogP contribution >= 0.6 is 0 Å². The highest BCUT2D eigenvalue weighted by Crippen LogP contribution is 2.26. The van der Waals surface area contributed by atoms with Gasteiger partial charge in [0.1, 0.15) is 18.2 Å². The topological polar surface area (TPSA) is 82.2 Å². The summed E-state index contributed by atoms with van der Waals surface area (Å²) in [5.74, 6) is -1.85. The third kappa shape index (κ3) is 4.80. The van der Waals surface area contributed by atoms with E-state index in [4.69, 9.17) is 9.26 Å². The first kappa shape index (κ1) is 24.2. The summed E-state index contributed by atoms with van der Waals surface area (Å²) < 4.78 is 39.7. The van der Waals surface area contributed by atoms with E-state index in [1.165, 1.54) is 6.07 Å². The van der Waals surface area contributed by atoms with Crippen molar-refractivity contribution in [1.29, 1.82) is 0 Å². The van der Waals surface area contributed by atoms with Gasteiger partial charge in [-0.15, -0.1) is 0 Å². The first-order chi connectivity index (χ1) is 17.8. The molecule has 0 unspecified atom stereocenters. The standard InChI is InChI=1S/C28H24F2N4O3/c1-16-26(17(2)34(32-16)14-20-9-6-8-19-7-4-5-10-22(19)20)31-28(35)27-23(18(3)37-33-27)15-36-25-12-11-21(29)13-24(25)30/h4-13H,14-15H2,1-3H3,(H,31,35). The van der Waals surface area contributed by atoms with Gasteiger partial charge in [-0.3, -0.25) is 9.48 Å². The Morgan fingerprint density at radius 2 is 1.84 bits per heavy atom. The van der Waals surface area contributed by atoms with E-state index < -0.39 is 17.5 Å². The van der Waals surface area contributed by atoms with Gasteiger partial charge in [0.25, 0.3) is 5.91 Å². The zero-order valence-corrected chi connectivity index (χ0v) is 20.5. The van der Waals surface area contributed by atoms with Crippen molar-refractivity contribution in [1.82, 2.24) is 14.9 Å². The summed E-state index contributed by atoms with van der Waals surface area (Å²) in [4.78, 5) is 13.2. The van der Waals surface area contributed by atoms with Gasteiger partial charge in [0.2, 0.25) is 0 Å². The van der Waals surface area contributed by atoms with E-state index >= 15 is 0 Å². The van der Waals surface area contributed by atoms with Crippen molar-refractivity contribution in [2.75, 3.05) is 5.32 Å². The fraction of sp³-hybridized carbons (Fsp3) is 0.179. The summed E-state index contributed by atoms with van der Waals surface area (Å²) in [6.07, 6.45) is 0. The number of hydrogen-bond donors (Lipinski definition) is 1. The first-order valence-electron chi connectivity index (χ1n) is 11.7. The molecule has 37 heavy (non-hydrogen) atoms. The van der Waals surface area contributed by atoms with Crippen LogP contribution in [0.5, 0.6) is 5.75 Å². The van der Waals surface area contributed by atoms with E-state index in [1.54, 1.807) is 6.92 Å². The molecule has 0 atom stereocenters. The molecule has 0 aliphatic rings.